The Hall–Kier alpha value is -0.823. The molecule has 1 saturated carbocycles. The maximum Gasteiger partial charge on any atom is 0.0691 e. The fourth-order valence-electron chi connectivity index (χ4n) is 2.48. The van der Waals surface area contributed by atoms with Gasteiger partial charge < -0.3 is 0 Å². The normalized spacial score (nSPS) is 23.6. The molecule has 2 rings (SSSR count). The Kier molecular flexibility index (Phi) is 3.07. The summed E-state index contributed by atoms with van der Waals surface area (Å²) in [6.45, 7) is 12.0. The number of hydrogen-bond acceptors (Lipinski definition) is 0. The largest absolute Gasteiger partial charge is 0.0910 e. The molecule has 1 aromatic carbocycles. The lowest BCUT2D eigenvalue weighted by Crippen LogP contribution is -2.17. The molecule has 0 amide bonds. The molecule has 0 N–H and O–H groups in total. The van der Waals surface area contributed by atoms with E-state index in [9.17, 15) is 0 Å². The van der Waals surface area contributed by atoms with Gasteiger partial charge in [-0.15, -0.1) is 0 Å². The van der Waals surface area contributed by atoms with Crippen LogP contribution in [-0.2, 0) is 0 Å². The maximum atomic E-state index is 2.60. The number of rotatable bonds is 3. The highest BCUT2D eigenvalue weighted by atomic mass is 28.3. The van der Waals surface area contributed by atoms with Crippen LogP contribution in [0.2, 0.25) is 19.6 Å². The number of allylic oxidation sites excluding steroid dienone is 1. The van der Waals surface area contributed by atoms with Crippen molar-refractivity contribution in [3.63, 3.8) is 0 Å². The van der Waals surface area contributed by atoms with Crippen molar-refractivity contribution >= 4 is 13.6 Å². The van der Waals surface area contributed by atoms with Crippen LogP contribution in [0.1, 0.15) is 25.8 Å². The lowest BCUT2D eigenvalue weighted by Gasteiger charge is -2.16. The highest BCUT2D eigenvalue weighted by Crippen LogP contribution is 2.58. The third kappa shape index (κ3) is 3.10. The SMILES string of the molecule is CC1(C)CC1C(=C[Si](C)(C)C)c1ccccc1. The van der Waals surface area contributed by atoms with E-state index >= 15 is 0 Å². The van der Waals surface area contributed by atoms with E-state index in [1.165, 1.54) is 12.0 Å². The first-order valence-corrected chi connectivity index (χ1v) is 10.2. The van der Waals surface area contributed by atoms with Crippen LogP contribution in [0.4, 0.5) is 0 Å². The van der Waals surface area contributed by atoms with E-state index in [2.05, 4.69) is 69.5 Å². The number of benzene rings is 1. The van der Waals surface area contributed by atoms with Gasteiger partial charge >= 0.3 is 0 Å². The first-order valence-electron chi connectivity index (χ1n) is 6.58. The molecular formula is C16H24Si. The fraction of sp³-hybridized carbons (Fsp3) is 0.500. The van der Waals surface area contributed by atoms with Gasteiger partial charge in [-0.05, 0) is 28.9 Å². The summed E-state index contributed by atoms with van der Waals surface area (Å²) in [5.74, 6) is 0.775. The van der Waals surface area contributed by atoms with Crippen molar-refractivity contribution in [1.82, 2.24) is 0 Å². The lowest BCUT2D eigenvalue weighted by molar-refractivity contribution is 0.616. The Morgan fingerprint density at radius 3 is 2.12 bits per heavy atom. The van der Waals surface area contributed by atoms with Gasteiger partial charge in [0.15, 0.2) is 0 Å². The van der Waals surface area contributed by atoms with Crippen molar-refractivity contribution in [2.45, 2.75) is 39.9 Å². The van der Waals surface area contributed by atoms with Gasteiger partial charge in [-0.3, -0.25) is 0 Å². The first kappa shape index (κ1) is 12.6. The molecule has 1 fully saturated rings. The Morgan fingerprint density at radius 1 is 1.18 bits per heavy atom. The van der Waals surface area contributed by atoms with E-state index in [4.69, 9.17) is 0 Å². The fourth-order valence-corrected chi connectivity index (χ4v) is 3.78. The first-order chi connectivity index (χ1) is 7.80. The Balaban J connectivity index is 2.37. The van der Waals surface area contributed by atoms with Crippen molar-refractivity contribution < 1.29 is 0 Å². The second-order valence-electron chi connectivity index (χ2n) is 7.08. The molecule has 92 valence electrons. The zero-order chi connectivity index (χ0) is 12.7. The molecule has 17 heavy (non-hydrogen) atoms. The molecule has 1 atom stereocenters. The minimum Gasteiger partial charge on any atom is -0.0910 e. The van der Waals surface area contributed by atoms with E-state index in [0.717, 1.165) is 5.92 Å². The van der Waals surface area contributed by atoms with Crippen LogP contribution in [0.25, 0.3) is 5.57 Å². The van der Waals surface area contributed by atoms with Gasteiger partial charge in [0.2, 0.25) is 0 Å². The number of hydrogen-bond donors (Lipinski definition) is 0. The van der Waals surface area contributed by atoms with Crippen molar-refractivity contribution in [2.75, 3.05) is 0 Å². The predicted octanol–water partition coefficient (Wildman–Crippen LogP) is 4.99. The summed E-state index contributed by atoms with van der Waals surface area (Å²) < 4.78 is 0. The summed E-state index contributed by atoms with van der Waals surface area (Å²) in [6.07, 6.45) is 1.35. The van der Waals surface area contributed by atoms with Crippen LogP contribution >= 0.6 is 0 Å². The molecule has 1 aliphatic carbocycles. The molecule has 0 bridgehead atoms. The molecule has 1 heteroatoms. The molecule has 1 aliphatic rings. The third-order valence-electron chi connectivity index (χ3n) is 3.58. The molecule has 0 aliphatic heterocycles. The quantitative estimate of drug-likeness (QED) is 0.657. The van der Waals surface area contributed by atoms with Crippen LogP contribution in [0.15, 0.2) is 36.0 Å². The molecular weight excluding hydrogens is 220 g/mol. The summed E-state index contributed by atoms with van der Waals surface area (Å²) >= 11 is 0. The van der Waals surface area contributed by atoms with Crippen LogP contribution in [0.5, 0.6) is 0 Å². The smallest absolute Gasteiger partial charge is 0.0691 e. The summed E-state index contributed by atoms with van der Waals surface area (Å²) in [5, 5.41) is 0. The van der Waals surface area contributed by atoms with Gasteiger partial charge in [0.25, 0.3) is 0 Å². The second-order valence-corrected chi connectivity index (χ2v) is 12.1. The van der Waals surface area contributed by atoms with Crippen molar-refractivity contribution in [3.05, 3.63) is 41.6 Å². The molecule has 1 unspecified atom stereocenters. The summed E-state index contributed by atoms with van der Waals surface area (Å²) in [4.78, 5) is 0. The highest BCUT2D eigenvalue weighted by Gasteiger charge is 2.48. The van der Waals surface area contributed by atoms with Crippen LogP contribution in [-0.4, -0.2) is 8.07 Å². The molecule has 0 saturated heterocycles. The van der Waals surface area contributed by atoms with Gasteiger partial charge in [0.1, 0.15) is 0 Å². The molecule has 0 heterocycles. The molecule has 0 aromatic heterocycles. The topological polar surface area (TPSA) is 0 Å². The third-order valence-corrected chi connectivity index (χ3v) is 4.76. The van der Waals surface area contributed by atoms with E-state index in [-0.39, 0.29) is 0 Å². The van der Waals surface area contributed by atoms with Crippen LogP contribution < -0.4 is 0 Å². The molecule has 1 aromatic rings. The van der Waals surface area contributed by atoms with Crippen LogP contribution in [0, 0.1) is 11.3 Å². The zero-order valence-corrected chi connectivity index (χ0v) is 12.7. The maximum absolute atomic E-state index is 2.60. The lowest BCUT2D eigenvalue weighted by atomic mass is 9.98. The van der Waals surface area contributed by atoms with E-state index in [1.807, 2.05) is 0 Å². The zero-order valence-electron chi connectivity index (χ0n) is 11.7. The Morgan fingerprint density at radius 2 is 1.71 bits per heavy atom. The summed E-state index contributed by atoms with van der Waals surface area (Å²) in [7, 11) is -1.15. The van der Waals surface area contributed by atoms with Gasteiger partial charge in [-0.25, -0.2) is 0 Å². The Labute approximate surface area is 107 Å². The highest BCUT2D eigenvalue weighted by molar-refractivity contribution is 6.81. The van der Waals surface area contributed by atoms with Gasteiger partial charge in [-0.1, -0.05) is 69.5 Å². The van der Waals surface area contributed by atoms with Gasteiger partial charge in [0.05, 0.1) is 8.07 Å². The second kappa shape index (κ2) is 4.13. The summed E-state index contributed by atoms with van der Waals surface area (Å²) in [6, 6.07) is 10.9. The molecule has 0 spiro atoms. The van der Waals surface area contributed by atoms with Crippen molar-refractivity contribution in [3.8, 4) is 0 Å². The van der Waals surface area contributed by atoms with Crippen molar-refractivity contribution in [2.24, 2.45) is 11.3 Å². The predicted molar refractivity (Wildman–Crippen MR) is 79.7 cm³/mol. The standard InChI is InChI=1S/C16H24Si/c1-16(2)11-15(16)14(12-17(3,4)5)13-9-7-6-8-10-13/h6-10,12,15H,11H2,1-5H3. The van der Waals surface area contributed by atoms with Crippen LogP contribution in [0.3, 0.4) is 0 Å². The molecule has 0 radical (unpaired) electrons. The van der Waals surface area contributed by atoms with E-state index in [1.54, 1.807) is 5.57 Å². The average molecular weight is 244 g/mol. The monoisotopic (exact) mass is 244 g/mol. The average Bonchev–Trinajstić information content (AvgIpc) is 2.84. The van der Waals surface area contributed by atoms with E-state index < -0.39 is 8.07 Å². The minimum atomic E-state index is -1.15. The molecule has 0 nitrogen and oxygen atoms in total. The Bertz CT molecular complexity index is 421. The minimum absolute atomic E-state index is 0.515. The van der Waals surface area contributed by atoms with Crippen molar-refractivity contribution in [1.29, 1.82) is 0 Å². The van der Waals surface area contributed by atoms with E-state index in [0.29, 0.717) is 5.41 Å². The summed E-state index contributed by atoms with van der Waals surface area (Å²) in [5.41, 5.74) is 6.16. The van der Waals surface area contributed by atoms with Gasteiger partial charge in [0, 0.05) is 0 Å². The van der Waals surface area contributed by atoms with Gasteiger partial charge in [-0.2, -0.15) is 0 Å².